The van der Waals surface area contributed by atoms with Crippen LogP contribution in [0.1, 0.15) is 28.9 Å². The number of aromatic nitrogens is 2. The molecular formula is C15H19N3O5S. The van der Waals surface area contributed by atoms with Crippen LogP contribution in [0.4, 0.5) is 5.82 Å². The van der Waals surface area contributed by atoms with Gasteiger partial charge in [0.2, 0.25) is 0 Å². The first-order chi connectivity index (χ1) is 11.2. The van der Waals surface area contributed by atoms with Crippen LogP contribution in [0.25, 0.3) is 0 Å². The van der Waals surface area contributed by atoms with Gasteiger partial charge >= 0.3 is 5.97 Å². The van der Waals surface area contributed by atoms with Crippen molar-refractivity contribution >= 4 is 21.8 Å². The number of carboxylic acids is 1. The lowest BCUT2D eigenvalue weighted by Gasteiger charge is -2.11. The molecule has 0 radical (unpaired) electrons. The standard InChI is InChI=1S/C15H19N3O5S/c1-10-8-12(15(19)20)4-5-13(10)24(21,22)17-14-6-7-18(16-14)11(2)9-23-3/h4-8,11H,9H2,1-3H3,(H,16,17)(H,19,20). The largest absolute Gasteiger partial charge is 0.478 e. The number of aromatic carboxylic acids is 1. The van der Waals surface area contributed by atoms with Crippen LogP contribution < -0.4 is 4.72 Å². The van der Waals surface area contributed by atoms with Gasteiger partial charge in [-0.3, -0.25) is 9.40 Å². The van der Waals surface area contributed by atoms with Gasteiger partial charge in [-0.1, -0.05) is 0 Å². The first-order valence-corrected chi connectivity index (χ1v) is 8.64. The van der Waals surface area contributed by atoms with Crippen molar-refractivity contribution in [2.75, 3.05) is 18.4 Å². The van der Waals surface area contributed by atoms with Crippen LogP contribution in [-0.2, 0) is 14.8 Å². The van der Waals surface area contributed by atoms with E-state index in [9.17, 15) is 13.2 Å². The van der Waals surface area contributed by atoms with Gasteiger partial charge in [0.05, 0.1) is 23.1 Å². The highest BCUT2D eigenvalue weighted by atomic mass is 32.2. The van der Waals surface area contributed by atoms with Crippen molar-refractivity contribution in [3.05, 3.63) is 41.6 Å². The van der Waals surface area contributed by atoms with Gasteiger partial charge in [-0.2, -0.15) is 5.10 Å². The van der Waals surface area contributed by atoms with Crippen LogP contribution in [0.2, 0.25) is 0 Å². The van der Waals surface area contributed by atoms with Crippen molar-refractivity contribution in [2.24, 2.45) is 0 Å². The minimum absolute atomic E-state index is 0.00647. The summed E-state index contributed by atoms with van der Waals surface area (Å²) in [6, 6.07) is 5.35. The van der Waals surface area contributed by atoms with E-state index in [4.69, 9.17) is 9.84 Å². The summed E-state index contributed by atoms with van der Waals surface area (Å²) in [5.41, 5.74) is 0.374. The molecule has 0 spiro atoms. The minimum Gasteiger partial charge on any atom is -0.478 e. The van der Waals surface area contributed by atoms with Crippen molar-refractivity contribution in [2.45, 2.75) is 24.8 Å². The average molecular weight is 353 g/mol. The molecule has 0 aliphatic heterocycles. The predicted octanol–water partition coefficient (Wildman–Crippen LogP) is 1.90. The molecule has 0 fully saturated rings. The van der Waals surface area contributed by atoms with E-state index in [1.807, 2.05) is 6.92 Å². The van der Waals surface area contributed by atoms with E-state index >= 15 is 0 Å². The van der Waals surface area contributed by atoms with E-state index in [2.05, 4.69) is 9.82 Å². The zero-order valence-electron chi connectivity index (χ0n) is 13.6. The third kappa shape index (κ3) is 3.92. The maximum atomic E-state index is 12.5. The molecule has 24 heavy (non-hydrogen) atoms. The molecule has 2 rings (SSSR count). The quantitative estimate of drug-likeness (QED) is 0.786. The van der Waals surface area contributed by atoms with Gasteiger partial charge in [0.1, 0.15) is 0 Å². The minimum atomic E-state index is -3.86. The Kier molecular flexibility index (Phi) is 5.25. The Balaban J connectivity index is 2.24. The summed E-state index contributed by atoms with van der Waals surface area (Å²) in [7, 11) is -2.28. The Labute approximate surface area is 140 Å². The molecule has 8 nitrogen and oxygen atoms in total. The molecule has 1 unspecified atom stereocenters. The zero-order chi connectivity index (χ0) is 17.9. The highest BCUT2D eigenvalue weighted by Crippen LogP contribution is 2.20. The normalized spacial score (nSPS) is 12.8. The number of hydrogen-bond acceptors (Lipinski definition) is 5. The summed E-state index contributed by atoms with van der Waals surface area (Å²) in [5.74, 6) is -0.930. The monoisotopic (exact) mass is 353 g/mol. The van der Waals surface area contributed by atoms with Gasteiger partial charge in [-0.25, -0.2) is 13.2 Å². The second-order valence-corrected chi connectivity index (χ2v) is 7.03. The van der Waals surface area contributed by atoms with Crippen molar-refractivity contribution < 1.29 is 23.1 Å². The molecule has 1 aromatic heterocycles. The van der Waals surface area contributed by atoms with Crippen molar-refractivity contribution in [1.82, 2.24) is 9.78 Å². The van der Waals surface area contributed by atoms with E-state index in [0.717, 1.165) is 0 Å². The summed E-state index contributed by atoms with van der Waals surface area (Å²) < 4.78 is 34.0. The number of methoxy groups -OCH3 is 1. The van der Waals surface area contributed by atoms with Crippen molar-refractivity contribution in [1.29, 1.82) is 0 Å². The Morgan fingerprint density at radius 2 is 2.12 bits per heavy atom. The number of sulfonamides is 1. The highest BCUT2D eigenvalue weighted by Gasteiger charge is 2.19. The number of rotatable bonds is 7. The fourth-order valence-electron chi connectivity index (χ4n) is 2.23. The van der Waals surface area contributed by atoms with Crippen molar-refractivity contribution in [3.63, 3.8) is 0 Å². The van der Waals surface area contributed by atoms with Crippen LogP contribution in [-0.4, -0.2) is 43.0 Å². The molecule has 2 N–H and O–H groups in total. The molecule has 0 bridgehead atoms. The topological polar surface area (TPSA) is 111 Å². The molecule has 0 aliphatic carbocycles. The summed E-state index contributed by atoms with van der Waals surface area (Å²) in [6.45, 7) is 3.88. The van der Waals surface area contributed by atoms with Gasteiger partial charge < -0.3 is 9.84 Å². The average Bonchev–Trinajstić information content (AvgIpc) is 2.94. The number of ether oxygens (including phenoxy) is 1. The van der Waals surface area contributed by atoms with Gasteiger partial charge in [-0.15, -0.1) is 0 Å². The lowest BCUT2D eigenvalue weighted by atomic mass is 10.1. The number of hydrogen-bond donors (Lipinski definition) is 2. The molecule has 2 aromatic rings. The Morgan fingerprint density at radius 1 is 1.42 bits per heavy atom. The van der Waals surface area contributed by atoms with Crippen LogP contribution in [0, 0.1) is 6.92 Å². The third-order valence-electron chi connectivity index (χ3n) is 3.42. The molecule has 0 amide bonds. The number of anilines is 1. The molecule has 1 heterocycles. The predicted molar refractivity (Wildman–Crippen MR) is 87.8 cm³/mol. The zero-order valence-corrected chi connectivity index (χ0v) is 14.4. The number of carbonyl (C=O) groups is 1. The lowest BCUT2D eigenvalue weighted by molar-refractivity contribution is 0.0696. The second kappa shape index (κ2) is 7.02. The van der Waals surface area contributed by atoms with E-state index in [0.29, 0.717) is 12.2 Å². The van der Waals surface area contributed by atoms with E-state index in [1.54, 1.807) is 31.0 Å². The molecule has 1 atom stereocenters. The third-order valence-corrected chi connectivity index (χ3v) is 4.93. The molecule has 1 aromatic carbocycles. The van der Waals surface area contributed by atoms with E-state index in [-0.39, 0.29) is 22.3 Å². The van der Waals surface area contributed by atoms with Crippen LogP contribution in [0.5, 0.6) is 0 Å². The maximum absolute atomic E-state index is 12.5. The fraction of sp³-hybridized carbons (Fsp3) is 0.333. The first kappa shape index (κ1) is 18.0. The van der Waals surface area contributed by atoms with Gasteiger partial charge in [0.15, 0.2) is 5.82 Å². The number of benzene rings is 1. The number of aryl methyl sites for hydroxylation is 1. The first-order valence-electron chi connectivity index (χ1n) is 7.15. The Morgan fingerprint density at radius 3 is 2.71 bits per heavy atom. The van der Waals surface area contributed by atoms with Crippen LogP contribution >= 0.6 is 0 Å². The van der Waals surface area contributed by atoms with Gasteiger partial charge in [0.25, 0.3) is 10.0 Å². The molecule has 0 saturated carbocycles. The summed E-state index contributed by atoms with van der Waals surface area (Å²) in [5, 5.41) is 13.1. The molecule has 130 valence electrons. The van der Waals surface area contributed by atoms with Crippen molar-refractivity contribution in [3.8, 4) is 0 Å². The number of carboxylic acid groups (broad SMARTS) is 1. The second-order valence-electron chi connectivity index (χ2n) is 5.38. The number of nitrogens with zero attached hydrogens (tertiary/aromatic N) is 2. The number of nitrogens with one attached hydrogen (secondary N) is 1. The molecular weight excluding hydrogens is 334 g/mol. The smallest absolute Gasteiger partial charge is 0.335 e. The van der Waals surface area contributed by atoms with Gasteiger partial charge in [0, 0.05) is 19.4 Å². The molecule has 0 aliphatic rings. The summed E-state index contributed by atoms with van der Waals surface area (Å²) in [4.78, 5) is 10.9. The van der Waals surface area contributed by atoms with E-state index < -0.39 is 16.0 Å². The maximum Gasteiger partial charge on any atom is 0.335 e. The van der Waals surface area contributed by atoms with Crippen LogP contribution in [0.3, 0.4) is 0 Å². The lowest BCUT2D eigenvalue weighted by Crippen LogP contribution is -2.16. The summed E-state index contributed by atoms with van der Waals surface area (Å²) in [6.07, 6.45) is 1.65. The van der Waals surface area contributed by atoms with Gasteiger partial charge in [-0.05, 0) is 37.6 Å². The molecule has 9 heteroatoms. The summed E-state index contributed by atoms with van der Waals surface area (Å²) >= 11 is 0. The Bertz CT molecular complexity index is 845. The highest BCUT2D eigenvalue weighted by molar-refractivity contribution is 7.92. The fourth-order valence-corrected chi connectivity index (χ4v) is 3.46. The van der Waals surface area contributed by atoms with E-state index in [1.165, 1.54) is 18.2 Å². The Hall–Kier alpha value is -2.39. The SMILES string of the molecule is COCC(C)n1ccc(NS(=O)(=O)c2ccc(C(=O)O)cc2C)n1. The molecule has 0 saturated heterocycles. The van der Waals surface area contributed by atoms with Crippen LogP contribution in [0.15, 0.2) is 35.4 Å².